The topological polar surface area (TPSA) is 48.1 Å². The van der Waals surface area contributed by atoms with Crippen LogP contribution in [0.3, 0.4) is 0 Å². The van der Waals surface area contributed by atoms with Crippen LogP contribution in [0.5, 0.6) is 5.75 Å². The summed E-state index contributed by atoms with van der Waals surface area (Å²) in [5.41, 5.74) is 7.45. The van der Waals surface area contributed by atoms with E-state index in [9.17, 15) is 0 Å². The van der Waals surface area contributed by atoms with Gasteiger partial charge in [-0.25, -0.2) is 0 Å². The lowest BCUT2D eigenvalue weighted by molar-refractivity contribution is 0.410. The average Bonchev–Trinajstić information content (AvgIpc) is 2.09. The van der Waals surface area contributed by atoms with Gasteiger partial charge in [0.25, 0.3) is 0 Å². The Bertz CT molecular complexity index is 269. The third kappa shape index (κ3) is 4.13. The molecule has 0 radical (unpaired) electrons. The Balaban J connectivity index is 0. The zero-order chi connectivity index (χ0) is 8.97. The van der Waals surface area contributed by atoms with E-state index in [1.807, 2.05) is 19.2 Å². The molecular weight excluding hydrogens is 223 g/mol. The number of halogens is 2. The fourth-order valence-corrected chi connectivity index (χ4v) is 1.05. The predicted octanol–water partition coefficient (Wildman–Crippen LogP) is 1.74. The third-order valence-corrected chi connectivity index (χ3v) is 1.73. The highest BCUT2D eigenvalue weighted by atomic mass is 35.5. The van der Waals surface area contributed by atoms with Gasteiger partial charge in [-0.3, -0.25) is 4.98 Å². The normalized spacial score (nSPS) is 8.50. The summed E-state index contributed by atoms with van der Waals surface area (Å²) < 4.78 is 5.15. The molecule has 0 aliphatic rings. The zero-order valence-electron chi connectivity index (χ0n) is 8.32. The van der Waals surface area contributed by atoms with Gasteiger partial charge in [-0.05, 0) is 13.5 Å². The molecule has 0 unspecified atom stereocenters. The Morgan fingerprint density at radius 1 is 1.43 bits per heavy atom. The maximum atomic E-state index is 5.41. The summed E-state index contributed by atoms with van der Waals surface area (Å²) in [5, 5.41) is 0. The minimum Gasteiger partial charge on any atom is -0.496 e. The molecule has 0 bridgehead atoms. The smallest absolute Gasteiger partial charge is 0.125 e. The molecule has 0 aromatic carbocycles. The van der Waals surface area contributed by atoms with Gasteiger partial charge < -0.3 is 10.5 Å². The SMILES string of the molecule is COc1cc(CCN)ncc1C.Cl.Cl. The second kappa shape index (κ2) is 7.85. The molecule has 3 nitrogen and oxygen atoms in total. The summed E-state index contributed by atoms with van der Waals surface area (Å²) >= 11 is 0. The number of aryl methyl sites for hydroxylation is 1. The number of nitrogens with zero attached hydrogens (tertiary/aromatic N) is 1. The number of nitrogens with two attached hydrogens (primary N) is 1. The lowest BCUT2D eigenvalue weighted by Crippen LogP contribution is -2.04. The number of rotatable bonds is 3. The van der Waals surface area contributed by atoms with E-state index in [0.717, 1.165) is 23.4 Å². The quantitative estimate of drug-likeness (QED) is 0.873. The molecule has 0 amide bonds. The summed E-state index contributed by atoms with van der Waals surface area (Å²) in [5.74, 6) is 0.883. The molecule has 0 saturated carbocycles. The van der Waals surface area contributed by atoms with E-state index in [4.69, 9.17) is 10.5 Å². The Labute approximate surface area is 96.9 Å². The number of aromatic nitrogens is 1. The highest BCUT2D eigenvalue weighted by Crippen LogP contribution is 2.16. The van der Waals surface area contributed by atoms with Gasteiger partial charge in [0.15, 0.2) is 0 Å². The van der Waals surface area contributed by atoms with E-state index in [0.29, 0.717) is 6.54 Å². The number of methoxy groups -OCH3 is 1. The van der Waals surface area contributed by atoms with Gasteiger partial charge in [0, 0.05) is 29.9 Å². The molecule has 0 fully saturated rings. The van der Waals surface area contributed by atoms with Crippen LogP contribution in [0.25, 0.3) is 0 Å². The fraction of sp³-hybridized carbons (Fsp3) is 0.444. The Morgan fingerprint density at radius 2 is 2.07 bits per heavy atom. The highest BCUT2D eigenvalue weighted by molar-refractivity contribution is 5.85. The van der Waals surface area contributed by atoms with Crippen molar-refractivity contribution in [2.75, 3.05) is 13.7 Å². The Hall–Kier alpha value is -0.510. The molecule has 5 heteroatoms. The lowest BCUT2D eigenvalue weighted by Gasteiger charge is -2.05. The van der Waals surface area contributed by atoms with Crippen LogP contribution < -0.4 is 10.5 Å². The summed E-state index contributed by atoms with van der Waals surface area (Å²) in [4.78, 5) is 4.22. The van der Waals surface area contributed by atoms with Crippen LogP contribution in [0.2, 0.25) is 0 Å². The molecular formula is C9H16Cl2N2O. The molecule has 1 aromatic heterocycles. The van der Waals surface area contributed by atoms with Crippen LogP contribution in [-0.2, 0) is 6.42 Å². The molecule has 0 saturated heterocycles. The first kappa shape index (κ1) is 15.9. The van der Waals surface area contributed by atoms with Crippen molar-refractivity contribution in [2.24, 2.45) is 5.73 Å². The molecule has 0 spiro atoms. The molecule has 1 aromatic rings. The maximum Gasteiger partial charge on any atom is 0.125 e. The van der Waals surface area contributed by atoms with E-state index >= 15 is 0 Å². The van der Waals surface area contributed by atoms with Crippen molar-refractivity contribution in [3.8, 4) is 5.75 Å². The third-order valence-electron chi connectivity index (χ3n) is 1.73. The lowest BCUT2D eigenvalue weighted by atomic mass is 10.2. The van der Waals surface area contributed by atoms with E-state index in [2.05, 4.69) is 4.98 Å². The molecule has 2 N–H and O–H groups in total. The molecule has 0 aliphatic heterocycles. The van der Waals surface area contributed by atoms with Crippen molar-refractivity contribution in [3.63, 3.8) is 0 Å². The number of hydrogen-bond donors (Lipinski definition) is 1. The van der Waals surface area contributed by atoms with Gasteiger partial charge in [0.05, 0.1) is 7.11 Å². The highest BCUT2D eigenvalue weighted by Gasteiger charge is 2.00. The number of ether oxygens (including phenoxy) is 1. The number of pyridine rings is 1. The second-order valence-electron chi connectivity index (χ2n) is 2.68. The van der Waals surface area contributed by atoms with Gasteiger partial charge in [-0.15, -0.1) is 24.8 Å². The Morgan fingerprint density at radius 3 is 2.57 bits per heavy atom. The summed E-state index contributed by atoms with van der Waals surface area (Å²) in [6, 6.07) is 1.93. The Kier molecular flexibility index (Phi) is 8.94. The largest absolute Gasteiger partial charge is 0.496 e. The molecule has 0 aliphatic carbocycles. The van der Waals surface area contributed by atoms with Gasteiger partial charge in [0.2, 0.25) is 0 Å². The van der Waals surface area contributed by atoms with Crippen molar-refractivity contribution in [3.05, 3.63) is 23.5 Å². The van der Waals surface area contributed by atoms with Crippen molar-refractivity contribution in [2.45, 2.75) is 13.3 Å². The van der Waals surface area contributed by atoms with Crippen LogP contribution in [-0.4, -0.2) is 18.6 Å². The van der Waals surface area contributed by atoms with Crippen LogP contribution >= 0.6 is 24.8 Å². The predicted molar refractivity (Wildman–Crippen MR) is 62.8 cm³/mol. The van der Waals surface area contributed by atoms with Crippen molar-refractivity contribution >= 4 is 24.8 Å². The maximum absolute atomic E-state index is 5.41. The van der Waals surface area contributed by atoms with Crippen molar-refractivity contribution in [1.29, 1.82) is 0 Å². The first-order valence-electron chi connectivity index (χ1n) is 3.97. The standard InChI is InChI=1S/C9H14N2O.2ClH/c1-7-6-11-8(3-4-10)5-9(7)12-2;;/h5-6H,3-4,10H2,1-2H3;2*1H. The minimum atomic E-state index is 0. The molecule has 1 heterocycles. The van der Waals surface area contributed by atoms with Gasteiger partial charge in [-0.2, -0.15) is 0 Å². The van der Waals surface area contributed by atoms with Crippen molar-refractivity contribution < 1.29 is 4.74 Å². The van der Waals surface area contributed by atoms with Gasteiger partial charge in [0.1, 0.15) is 5.75 Å². The molecule has 14 heavy (non-hydrogen) atoms. The first-order valence-corrected chi connectivity index (χ1v) is 3.97. The van der Waals surface area contributed by atoms with Crippen LogP contribution in [0, 0.1) is 6.92 Å². The van der Waals surface area contributed by atoms with Gasteiger partial charge >= 0.3 is 0 Å². The minimum absolute atomic E-state index is 0. The van der Waals surface area contributed by atoms with Gasteiger partial charge in [-0.1, -0.05) is 0 Å². The zero-order valence-corrected chi connectivity index (χ0v) is 9.95. The second-order valence-corrected chi connectivity index (χ2v) is 2.68. The van der Waals surface area contributed by atoms with E-state index in [-0.39, 0.29) is 24.8 Å². The summed E-state index contributed by atoms with van der Waals surface area (Å²) in [6.45, 7) is 2.59. The van der Waals surface area contributed by atoms with E-state index in [1.165, 1.54) is 0 Å². The van der Waals surface area contributed by atoms with E-state index in [1.54, 1.807) is 7.11 Å². The first-order chi connectivity index (χ1) is 5.77. The monoisotopic (exact) mass is 238 g/mol. The van der Waals surface area contributed by atoms with Crippen LogP contribution in [0.15, 0.2) is 12.3 Å². The molecule has 0 atom stereocenters. The summed E-state index contributed by atoms with van der Waals surface area (Å²) in [7, 11) is 1.66. The van der Waals surface area contributed by atoms with Crippen LogP contribution in [0.4, 0.5) is 0 Å². The van der Waals surface area contributed by atoms with E-state index < -0.39 is 0 Å². The van der Waals surface area contributed by atoms with Crippen LogP contribution in [0.1, 0.15) is 11.3 Å². The van der Waals surface area contributed by atoms with Crippen molar-refractivity contribution in [1.82, 2.24) is 4.98 Å². The summed E-state index contributed by atoms with van der Waals surface area (Å²) in [6.07, 6.45) is 2.61. The average molecular weight is 239 g/mol. The number of hydrogen-bond acceptors (Lipinski definition) is 3. The molecule has 1 rings (SSSR count). The molecule has 82 valence electrons. The fourth-order valence-electron chi connectivity index (χ4n) is 1.05.